The number of carbonyl (C=O) groups is 1. The van der Waals surface area contributed by atoms with E-state index >= 15 is 0 Å². The molecule has 3 heteroatoms. The highest BCUT2D eigenvalue weighted by molar-refractivity contribution is 5.80. The number of ketones is 1. The predicted octanol–water partition coefficient (Wildman–Crippen LogP) is 3.54. The number of rotatable bonds is 6. The third kappa shape index (κ3) is 5.26. The molecule has 1 N–H and O–H groups in total. The Morgan fingerprint density at radius 2 is 1.58 bits per heavy atom. The Morgan fingerprint density at radius 1 is 1.04 bits per heavy atom. The first-order chi connectivity index (χ1) is 11.6. The smallest absolute Gasteiger partial charge is 0.158 e. The zero-order chi connectivity index (χ0) is 17.4. The van der Waals surface area contributed by atoms with Gasteiger partial charge in [0, 0.05) is 17.5 Å². The van der Waals surface area contributed by atoms with Gasteiger partial charge >= 0.3 is 0 Å². The van der Waals surface area contributed by atoms with Crippen molar-refractivity contribution in [3.63, 3.8) is 0 Å². The van der Waals surface area contributed by atoms with E-state index in [9.17, 15) is 4.79 Å². The quantitative estimate of drug-likeness (QED) is 0.828. The van der Waals surface area contributed by atoms with Crippen LogP contribution in [0.1, 0.15) is 42.9 Å². The van der Waals surface area contributed by atoms with Gasteiger partial charge in [-0.05, 0) is 54.8 Å². The van der Waals surface area contributed by atoms with E-state index in [2.05, 4.69) is 11.8 Å². The van der Waals surface area contributed by atoms with Crippen molar-refractivity contribution in [3.05, 3.63) is 65.2 Å². The van der Waals surface area contributed by atoms with Gasteiger partial charge in [0.05, 0.1) is 6.61 Å². The average Bonchev–Trinajstić information content (AvgIpc) is 2.61. The summed E-state index contributed by atoms with van der Waals surface area (Å²) >= 11 is 0. The standard InChI is InChI=1S/C21H22O3/c1-3-24-21-12-8-18(9-13-21)5-4-17-6-10-19(11-7-17)16(2)14-20(23)15-22/h6-13,16,22H,3,14-15H2,1-2H3. The highest BCUT2D eigenvalue weighted by Gasteiger charge is 2.10. The second kappa shape index (κ2) is 8.90. The Morgan fingerprint density at radius 3 is 2.08 bits per heavy atom. The summed E-state index contributed by atoms with van der Waals surface area (Å²) in [7, 11) is 0. The van der Waals surface area contributed by atoms with Gasteiger partial charge < -0.3 is 9.84 Å². The van der Waals surface area contributed by atoms with Gasteiger partial charge in [0.15, 0.2) is 5.78 Å². The maximum Gasteiger partial charge on any atom is 0.158 e. The molecule has 1 unspecified atom stereocenters. The number of hydrogen-bond acceptors (Lipinski definition) is 3. The van der Waals surface area contributed by atoms with Crippen LogP contribution in [0.2, 0.25) is 0 Å². The van der Waals surface area contributed by atoms with Gasteiger partial charge in [-0.15, -0.1) is 0 Å². The summed E-state index contributed by atoms with van der Waals surface area (Å²) in [4.78, 5) is 11.3. The molecule has 1 atom stereocenters. The molecule has 0 amide bonds. The molecule has 0 bridgehead atoms. The Kier molecular flexibility index (Phi) is 6.60. The molecule has 0 fully saturated rings. The van der Waals surface area contributed by atoms with Crippen LogP contribution in [0, 0.1) is 11.8 Å². The van der Waals surface area contributed by atoms with Crippen LogP contribution in [0.25, 0.3) is 0 Å². The molecule has 0 aliphatic carbocycles. The van der Waals surface area contributed by atoms with E-state index in [1.807, 2.05) is 62.4 Å². The van der Waals surface area contributed by atoms with Gasteiger partial charge in [0.2, 0.25) is 0 Å². The van der Waals surface area contributed by atoms with Gasteiger partial charge in [-0.25, -0.2) is 0 Å². The van der Waals surface area contributed by atoms with Crippen LogP contribution in [0.4, 0.5) is 0 Å². The van der Waals surface area contributed by atoms with E-state index in [0.29, 0.717) is 13.0 Å². The summed E-state index contributed by atoms with van der Waals surface area (Å²) in [5, 5.41) is 8.82. The first kappa shape index (κ1) is 17.8. The largest absolute Gasteiger partial charge is 0.494 e. The van der Waals surface area contributed by atoms with Crippen molar-refractivity contribution >= 4 is 5.78 Å². The molecule has 0 heterocycles. The first-order valence-corrected chi connectivity index (χ1v) is 8.09. The Balaban J connectivity index is 2.02. The summed E-state index contributed by atoms with van der Waals surface area (Å²) in [5.74, 6) is 7.06. The molecule has 0 aliphatic rings. The molecular weight excluding hydrogens is 300 g/mol. The summed E-state index contributed by atoms with van der Waals surface area (Å²) in [5.41, 5.74) is 2.93. The van der Waals surface area contributed by atoms with Gasteiger partial charge in [0.1, 0.15) is 12.4 Å². The molecule has 2 aromatic rings. The summed E-state index contributed by atoms with van der Waals surface area (Å²) in [6.07, 6.45) is 0.355. The average molecular weight is 322 g/mol. The Labute approximate surface area is 143 Å². The third-order valence-corrected chi connectivity index (χ3v) is 3.71. The number of ether oxygens (including phenoxy) is 1. The number of carbonyl (C=O) groups excluding carboxylic acids is 1. The maximum absolute atomic E-state index is 11.3. The predicted molar refractivity (Wildman–Crippen MR) is 95.2 cm³/mol. The molecule has 2 rings (SSSR count). The van der Waals surface area contributed by atoms with Crippen LogP contribution < -0.4 is 4.74 Å². The highest BCUT2D eigenvalue weighted by Crippen LogP contribution is 2.19. The molecule has 0 radical (unpaired) electrons. The lowest BCUT2D eigenvalue weighted by molar-refractivity contribution is -0.122. The third-order valence-electron chi connectivity index (χ3n) is 3.71. The van der Waals surface area contributed by atoms with Crippen molar-refractivity contribution in [2.24, 2.45) is 0 Å². The zero-order valence-electron chi connectivity index (χ0n) is 14.1. The molecular formula is C21H22O3. The van der Waals surface area contributed by atoms with Crippen molar-refractivity contribution in [3.8, 4) is 17.6 Å². The van der Waals surface area contributed by atoms with E-state index in [-0.39, 0.29) is 11.7 Å². The number of benzene rings is 2. The van der Waals surface area contributed by atoms with Crippen LogP contribution in [0.15, 0.2) is 48.5 Å². The minimum absolute atomic E-state index is 0.0952. The lowest BCUT2D eigenvalue weighted by Crippen LogP contribution is -2.08. The number of aliphatic hydroxyl groups excluding tert-OH is 1. The van der Waals surface area contributed by atoms with Gasteiger partial charge in [-0.1, -0.05) is 30.9 Å². The van der Waals surface area contributed by atoms with Crippen LogP contribution >= 0.6 is 0 Å². The molecule has 0 aromatic heterocycles. The lowest BCUT2D eigenvalue weighted by atomic mass is 9.95. The highest BCUT2D eigenvalue weighted by atomic mass is 16.5. The molecule has 0 aliphatic heterocycles. The van der Waals surface area contributed by atoms with E-state index in [1.54, 1.807) is 0 Å². The van der Waals surface area contributed by atoms with E-state index in [1.165, 1.54) is 0 Å². The second-order valence-electron chi connectivity index (χ2n) is 5.63. The summed E-state index contributed by atoms with van der Waals surface area (Å²) in [6, 6.07) is 15.6. The number of hydrogen-bond donors (Lipinski definition) is 1. The number of aliphatic hydroxyl groups is 1. The normalized spacial score (nSPS) is 11.3. The monoisotopic (exact) mass is 322 g/mol. The van der Waals surface area contributed by atoms with Crippen molar-refractivity contribution in [2.45, 2.75) is 26.2 Å². The number of Topliss-reactive ketones (excluding diaryl/α,β-unsaturated/α-hetero) is 1. The first-order valence-electron chi connectivity index (χ1n) is 8.09. The van der Waals surface area contributed by atoms with Crippen LogP contribution in [-0.2, 0) is 4.79 Å². The van der Waals surface area contributed by atoms with Crippen LogP contribution in [-0.4, -0.2) is 24.1 Å². The summed E-state index contributed by atoms with van der Waals surface area (Å²) in [6.45, 7) is 4.20. The van der Waals surface area contributed by atoms with Crippen molar-refractivity contribution in [2.75, 3.05) is 13.2 Å². The van der Waals surface area contributed by atoms with Crippen LogP contribution in [0.5, 0.6) is 5.75 Å². The molecule has 0 saturated carbocycles. The van der Waals surface area contributed by atoms with Crippen molar-refractivity contribution in [1.29, 1.82) is 0 Å². The lowest BCUT2D eigenvalue weighted by Gasteiger charge is -2.10. The molecule has 124 valence electrons. The zero-order valence-corrected chi connectivity index (χ0v) is 14.1. The Bertz CT molecular complexity index is 718. The van der Waals surface area contributed by atoms with E-state index < -0.39 is 6.61 Å². The minimum Gasteiger partial charge on any atom is -0.494 e. The molecule has 0 saturated heterocycles. The SMILES string of the molecule is CCOc1ccc(C#Cc2ccc(C(C)CC(=O)CO)cc2)cc1. The van der Waals surface area contributed by atoms with Crippen LogP contribution in [0.3, 0.4) is 0 Å². The molecule has 24 heavy (non-hydrogen) atoms. The van der Waals surface area contributed by atoms with Gasteiger partial charge in [-0.2, -0.15) is 0 Å². The summed E-state index contributed by atoms with van der Waals surface area (Å²) < 4.78 is 5.41. The molecule has 3 nitrogen and oxygen atoms in total. The molecule has 0 spiro atoms. The van der Waals surface area contributed by atoms with Gasteiger partial charge in [0.25, 0.3) is 0 Å². The maximum atomic E-state index is 11.3. The van der Waals surface area contributed by atoms with E-state index in [0.717, 1.165) is 22.4 Å². The fraction of sp³-hybridized carbons (Fsp3) is 0.286. The fourth-order valence-electron chi connectivity index (χ4n) is 2.36. The fourth-order valence-corrected chi connectivity index (χ4v) is 2.36. The van der Waals surface area contributed by atoms with Crippen molar-refractivity contribution < 1.29 is 14.6 Å². The molecule has 2 aromatic carbocycles. The van der Waals surface area contributed by atoms with Gasteiger partial charge in [-0.3, -0.25) is 4.79 Å². The van der Waals surface area contributed by atoms with Crippen molar-refractivity contribution in [1.82, 2.24) is 0 Å². The minimum atomic E-state index is -0.393. The second-order valence-corrected chi connectivity index (χ2v) is 5.63. The van der Waals surface area contributed by atoms with E-state index in [4.69, 9.17) is 9.84 Å². The Hall–Kier alpha value is -2.57. The topological polar surface area (TPSA) is 46.5 Å².